The van der Waals surface area contributed by atoms with Gasteiger partial charge < -0.3 is 0 Å². The van der Waals surface area contributed by atoms with Gasteiger partial charge in [0.1, 0.15) is 0 Å². The first-order valence-electron chi connectivity index (χ1n) is 6.70. The van der Waals surface area contributed by atoms with Gasteiger partial charge in [0, 0.05) is 0 Å². The van der Waals surface area contributed by atoms with E-state index in [9.17, 15) is 9.59 Å². The van der Waals surface area contributed by atoms with Crippen LogP contribution in [0.1, 0.15) is 0 Å². The first kappa shape index (κ1) is 15.2. The molecule has 108 valence electrons. The zero-order valence-corrected chi connectivity index (χ0v) is 15.0. The molecule has 2 aromatic carbocycles. The number of carbonyl (C=O) groups is 2. The van der Waals surface area contributed by atoms with Gasteiger partial charge >= 0.3 is 142 Å². The van der Waals surface area contributed by atoms with Crippen molar-refractivity contribution in [3.63, 3.8) is 0 Å². The summed E-state index contributed by atoms with van der Waals surface area (Å²) in [5, 5.41) is 0. The summed E-state index contributed by atoms with van der Waals surface area (Å²) in [6.07, 6.45) is 3.00. The Balaban J connectivity index is 1.80. The van der Waals surface area contributed by atoms with Crippen molar-refractivity contribution in [3.05, 3.63) is 81.8 Å². The maximum absolute atomic E-state index is 12.6. The molecule has 2 aromatic rings. The first-order valence-corrected chi connectivity index (χ1v) is 10.1. The number of hydrogen-bond donors (Lipinski definition) is 0. The van der Waals surface area contributed by atoms with Crippen LogP contribution in [-0.4, -0.2) is 41.5 Å². The second-order valence-electron chi connectivity index (χ2n) is 4.58. The van der Waals surface area contributed by atoms with Gasteiger partial charge in [-0.25, -0.2) is 0 Å². The zero-order chi connectivity index (χ0) is 15.4. The van der Waals surface area contributed by atoms with Crippen LogP contribution in [0.2, 0.25) is 0 Å². The van der Waals surface area contributed by atoms with E-state index in [0.29, 0.717) is 8.94 Å². The topological polar surface area (TPSA) is 34.1 Å². The monoisotopic (exact) mass is 420 g/mol. The average Bonchev–Trinajstić information content (AvgIpc) is 2.54. The molecule has 0 aliphatic heterocycles. The average molecular weight is 418 g/mol. The summed E-state index contributed by atoms with van der Waals surface area (Å²) in [4.78, 5) is 24.5. The molecule has 0 aromatic heterocycles. The molecule has 0 radical (unpaired) electrons. The third-order valence-electron chi connectivity index (χ3n) is 2.94. The number of Topliss-reactive ketones (excluding diaryl/α,β-unsaturated/α-hetero) is 1. The number of ketones is 2. The zero-order valence-electron chi connectivity index (χ0n) is 11.6. The molecule has 0 fully saturated rings. The van der Waals surface area contributed by atoms with E-state index in [0.717, 1.165) is 8.92 Å². The Morgan fingerprint density at radius 2 is 1.00 bits per heavy atom. The molecule has 0 spiro atoms. The van der Waals surface area contributed by atoms with Crippen LogP contribution in [0.5, 0.6) is 0 Å². The van der Waals surface area contributed by atoms with Crippen LogP contribution in [-0.2, 0) is 9.59 Å². The van der Waals surface area contributed by atoms with Crippen LogP contribution in [0.15, 0.2) is 81.8 Å². The summed E-state index contributed by atoms with van der Waals surface area (Å²) in [5.74, 6) is -0.0347. The molecule has 0 saturated heterocycles. The molecular weight excluding hydrogens is 406 g/mol. The van der Waals surface area contributed by atoms with Crippen molar-refractivity contribution in [1.82, 2.24) is 0 Å². The molecule has 1 aliphatic carbocycles. The molecule has 0 unspecified atom stereocenters. The number of hydrogen-bond acceptors (Lipinski definition) is 2. The summed E-state index contributed by atoms with van der Waals surface area (Å²) in [6.45, 7) is 0. The normalized spacial score (nSPS) is 14.5. The predicted octanol–water partition coefficient (Wildman–Crippen LogP) is 0.965. The fourth-order valence-corrected chi connectivity index (χ4v) is 6.14. The third kappa shape index (κ3) is 3.73. The standard InChI is InChI=1S/C18H12O2Se2/c19-13-11-16(21-14-7-3-1-4-8-14)18(20)17(12-13)22-15-9-5-2-6-10-15/h1-12H. The number of carbonyl (C=O) groups excluding carboxylic acids is 2. The molecule has 0 amide bonds. The fraction of sp³-hybridized carbons (Fsp3) is 0. The van der Waals surface area contributed by atoms with Crippen molar-refractivity contribution >= 4 is 50.4 Å². The second-order valence-corrected chi connectivity index (χ2v) is 9.26. The van der Waals surface area contributed by atoms with E-state index in [4.69, 9.17) is 0 Å². The molecule has 0 saturated carbocycles. The quantitative estimate of drug-likeness (QED) is 0.548. The molecule has 0 atom stereocenters. The van der Waals surface area contributed by atoms with E-state index in [1.807, 2.05) is 60.7 Å². The van der Waals surface area contributed by atoms with E-state index < -0.39 is 0 Å². The molecular formula is C18H12O2Se2. The van der Waals surface area contributed by atoms with Crippen LogP contribution >= 0.6 is 0 Å². The van der Waals surface area contributed by atoms with Gasteiger partial charge in [-0.2, -0.15) is 0 Å². The molecule has 22 heavy (non-hydrogen) atoms. The van der Waals surface area contributed by atoms with Crippen LogP contribution in [0.4, 0.5) is 0 Å². The molecule has 0 N–H and O–H groups in total. The van der Waals surface area contributed by atoms with E-state index in [1.165, 1.54) is 12.2 Å². The van der Waals surface area contributed by atoms with E-state index in [-0.39, 0.29) is 41.5 Å². The van der Waals surface area contributed by atoms with E-state index in [2.05, 4.69) is 0 Å². The summed E-state index contributed by atoms with van der Waals surface area (Å²) in [5.41, 5.74) is 0. The summed E-state index contributed by atoms with van der Waals surface area (Å²) >= 11 is -0.249. The predicted molar refractivity (Wildman–Crippen MR) is 89.8 cm³/mol. The number of benzene rings is 2. The Labute approximate surface area is 141 Å². The van der Waals surface area contributed by atoms with Crippen LogP contribution in [0, 0.1) is 0 Å². The van der Waals surface area contributed by atoms with Crippen molar-refractivity contribution in [2.45, 2.75) is 0 Å². The van der Waals surface area contributed by atoms with Crippen LogP contribution in [0.3, 0.4) is 0 Å². The van der Waals surface area contributed by atoms with Crippen molar-refractivity contribution in [2.24, 2.45) is 0 Å². The Hall–Kier alpha value is -1.70. The minimum atomic E-state index is -0.125. The van der Waals surface area contributed by atoms with Crippen LogP contribution < -0.4 is 8.92 Å². The Morgan fingerprint density at radius 1 is 0.591 bits per heavy atom. The van der Waals surface area contributed by atoms with Gasteiger partial charge in [0.15, 0.2) is 0 Å². The molecule has 0 heterocycles. The SMILES string of the molecule is O=C1C=C([Se]c2ccccc2)C(=O)C([Se]c2ccccc2)=C1. The molecule has 4 heteroatoms. The maximum atomic E-state index is 12.6. The summed E-state index contributed by atoms with van der Waals surface area (Å²) < 4.78 is 3.52. The molecule has 1 aliphatic rings. The Morgan fingerprint density at radius 3 is 1.41 bits per heavy atom. The number of allylic oxidation sites excluding steroid dienone is 4. The molecule has 3 rings (SSSR count). The van der Waals surface area contributed by atoms with Crippen LogP contribution in [0.25, 0.3) is 0 Å². The van der Waals surface area contributed by atoms with Gasteiger partial charge in [-0.05, 0) is 0 Å². The fourth-order valence-electron chi connectivity index (χ4n) is 1.94. The van der Waals surface area contributed by atoms with Gasteiger partial charge in [-0.15, -0.1) is 0 Å². The van der Waals surface area contributed by atoms with E-state index >= 15 is 0 Å². The van der Waals surface area contributed by atoms with Gasteiger partial charge in [0.05, 0.1) is 0 Å². The second kappa shape index (κ2) is 7.04. The molecule has 2 nitrogen and oxygen atoms in total. The number of rotatable bonds is 4. The van der Waals surface area contributed by atoms with Crippen molar-refractivity contribution < 1.29 is 9.59 Å². The van der Waals surface area contributed by atoms with E-state index in [1.54, 1.807) is 0 Å². The Bertz CT molecular complexity index is 699. The third-order valence-corrected chi connectivity index (χ3v) is 7.26. The first-order chi connectivity index (χ1) is 10.7. The van der Waals surface area contributed by atoms with Crippen molar-refractivity contribution in [1.29, 1.82) is 0 Å². The van der Waals surface area contributed by atoms with Gasteiger partial charge in [-0.3, -0.25) is 0 Å². The van der Waals surface area contributed by atoms with Gasteiger partial charge in [-0.1, -0.05) is 0 Å². The van der Waals surface area contributed by atoms with Crippen molar-refractivity contribution in [3.8, 4) is 0 Å². The molecule has 0 bridgehead atoms. The van der Waals surface area contributed by atoms with Gasteiger partial charge in [0.2, 0.25) is 0 Å². The summed E-state index contributed by atoms with van der Waals surface area (Å²) in [6, 6.07) is 19.7. The minimum absolute atomic E-state index is 0.0345. The van der Waals surface area contributed by atoms with Gasteiger partial charge in [0.25, 0.3) is 0 Å². The van der Waals surface area contributed by atoms with Crippen molar-refractivity contribution in [2.75, 3.05) is 0 Å². The summed E-state index contributed by atoms with van der Waals surface area (Å²) in [7, 11) is 0. The Kier molecular flexibility index (Phi) is 4.86.